The van der Waals surface area contributed by atoms with Crippen molar-refractivity contribution < 1.29 is 13.5 Å². The molecule has 0 N–H and O–H groups in total. The molecule has 170 valence electrons. The summed E-state index contributed by atoms with van der Waals surface area (Å²) in [5.74, 6) is 2.96. The van der Waals surface area contributed by atoms with Gasteiger partial charge in [0, 0.05) is 0 Å². The van der Waals surface area contributed by atoms with Crippen LogP contribution in [-0.2, 0) is 0 Å². The first kappa shape index (κ1) is 22.6. The van der Waals surface area contributed by atoms with Gasteiger partial charge in [-0.3, -0.25) is 0 Å². The van der Waals surface area contributed by atoms with Crippen LogP contribution in [0.15, 0.2) is 36.9 Å². The Morgan fingerprint density at radius 3 is 2.10 bits per heavy atom. The second kappa shape index (κ2) is 10.3. The number of ether oxygens (including phenoxy) is 1. The third-order valence-electron chi connectivity index (χ3n) is 8.52. The van der Waals surface area contributed by atoms with E-state index in [0.717, 1.165) is 48.0 Å². The Morgan fingerprint density at radius 1 is 0.871 bits per heavy atom. The fourth-order valence-electron chi connectivity index (χ4n) is 6.69. The summed E-state index contributed by atoms with van der Waals surface area (Å²) < 4.78 is 34.4. The van der Waals surface area contributed by atoms with E-state index in [2.05, 4.69) is 12.7 Å². The van der Waals surface area contributed by atoms with Gasteiger partial charge in [-0.2, -0.15) is 0 Å². The van der Waals surface area contributed by atoms with Crippen molar-refractivity contribution in [3.8, 4) is 5.75 Å². The van der Waals surface area contributed by atoms with Gasteiger partial charge in [0.05, 0.1) is 0 Å². The molecule has 3 aliphatic carbocycles. The molecule has 0 bridgehead atoms. The third-order valence-corrected chi connectivity index (χ3v) is 8.52. The molecule has 4 rings (SSSR count). The highest BCUT2D eigenvalue weighted by atomic mass is 19.1. The van der Waals surface area contributed by atoms with Crippen molar-refractivity contribution in [1.29, 1.82) is 0 Å². The highest BCUT2D eigenvalue weighted by Gasteiger charge is 2.39. The minimum absolute atomic E-state index is 0.188. The molecule has 0 aromatic heterocycles. The summed E-state index contributed by atoms with van der Waals surface area (Å²) in [6.45, 7) is 6.03. The Labute approximate surface area is 187 Å². The summed E-state index contributed by atoms with van der Waals surface area (Å²) in [6, 6.07) is 3.03. The maximum absolute atomic E-state index is 14.5. The summed E-state index contributed by atoms with van der Waals surface area (Å²) in [5, 5.41) is 0. The quantitative estimate of drug-likeness (QED) is 0.415. The van der Waals surface area contributed by atoms with Crippen molar-refractivity contribution >= 4 is 0 Å². The summed E-state index contributed by atoms with van der Waals surface area (Å²) in [7, 11) is 0. The van der Waals surface area contributed by atoms with Crippen LogP contribution in [0.4, 0.5) is 8.78 Å². The largest absolute Gasteiger partial charge is 0.483 e. The molecule has 1 aromatic carbocycles. The molecule has 31 heavy (non-hydrogen) atoms. The van der Waals surface area contributed by atoms with Crippen molar-refractivity contribution in [2.75, 3.05) is 6.61 Å². The number of benzene rings is 1. The van der Waals surface area contributed by atoms with Crippen LogP contribution in [0.3, 0.4) is 0 Å². The number of fused-ring (bicyclic) bond motifs is 1. The van der Waals surface area contributed by atoms with E-state index in [-0.39, 0.29) is 18.3 Å². The van der Waals surface area contributed by atoms with Crippen molar-refractivity contribution in [1.82, 2.24) is 0 Å². The van der Waals surface area contributed by atoms with Gasteiger partial charge in [-0.05, 0) is 124 Å². The lowest BCUT2D eigenvalue weighted by molar-refractivity contribution is 0.0747. The molecule has 3 saturated carbocycles. The van der Waals surface area contributed by atoms with Gasteiger partial charge in [-0.15, -0.1) is 6.58 Å². The Bertz CT molecular complexity index is 754. The Hall–Kier alpha value is -1.64. The summed E-state index contributed by atoms with van der Waals surface area (Å²) in [5.41, 5.74) is 0.816. The molecule has 4 unspecified atom stereocenters. The van der Waals surface area contributed by atoms with Crippen LogP contribution in [0.2, 0.25) is 0 Å². The van der Waals surface area contributed by atoms with Crippen molar-refractivity contribution in [2.45, 2.75) is 77.0 Å². The maximum Gasteiger partial charge on any atom is 0.191 e. The first-order valence-corrected chi connectivity index (χ1v) is 12.4. The lowest BCUT2D eigenvalue weighted by atomic mass is 9.60. The number of allylic oxidation sites excluding steroid dienone is 2. The van der Waals surface area contributed by atoms with E-state index in [9.17, 15) is 8.78 Å². The van der Waals surface area contributed by atoms with Crippen molar-refractivity contribution in [3.05, 3.63) is 54.1 Å². The minimum Gasteiger partial charge on any atom is -0.483 e. The Morgan fingerprint density at radius 2 is 1.45 bits per heavy atom. The molecule has 0 saturated heterocycles. The predicted molar refractivity (Wildman–Crippen MR) is 123 cm³/mol. The fraction of sp³-hybridized carbons (Fsp3) is 0.643. The van der Waals surface area contributed by atoms with Crippen LogP contribution in [0.25, 0.3) is 0 Å². The van der Waals surface area contributed by atoms with Crippen LogP contribution >= 0.6 is 0 Å². The molecule has 0 heterocycles. The van der Waals surface area contributed by atoms with Gasteiger partial charge >= 0.3 is 0 Å². The Kier molecular flexibility index (Phi) is 7.51. The van der Waals surface area contributed by atoms with Gasteiger partial charge in [-0.1, -0.05) is 18.2 Å². The van der Waals surface area contributed by atoms with E-state index in [1.807, 2.05) is 13.0 Å². The van der Waals surface area contributed by atoms with Crippen molar-refractivity contribution in [2.24, 2.45) is 29.6 Å². The highest BCUT2D eigenvalue weighted by Crippen LogP contribution is 2.51. The molecule has 0 amide bonds. The number of halogens is 2. The van der Waals surface area contributed by atoms with E-state index >= 15 is 0 Å². The third kappa shape index (κ3) is 5.23. The standard InChI is InChI=1S/C28H38F2O/c1-3-5-14-31-28-26(29)17-25(18-27(28)30)24-13-12-22-15-21(10-11-23(22)16-24)20-8-6-19(4-2)7-9-20/h3-5,17-24H,2,6-16H2,1H3/b5-3+. The second-order valence-corrected chi connectivity index (χ2v) is 10.2. The smallest absolute Gasteiger partial charge is 0.191 e. The fourth-order valence-corrected chi connectivity index (χ4v) is 6.69. The molecule has 3 heteroatoms. The molecule has 4 atom stereocenters. The Balaban J connectivity index is 1.34. The van der Waals surface area contributed by atoms with Crippen LogP contribution in [-0.4, -0.2) is 6.61 Å². The maximum atomic E-state index is 14.5. The minimum atomic E-state index is -0.569. The van der Waals surface area contributed by atoms with Crippen LogP contribution in [0.1, 0.15) is 82.6 Å². The van der Waals surface area contributed by atoms with Gasteiger partial charge in [-0.25, -0.2) is 8.78 Å². The topological polar surface area (TPSA) is 9.23 Å². The number of hydrogen-bond donors (Lipinski definition) is 0. The number of hydrogen-bond acceptors (Lipinski definition) is 1. The van der Waals surface area contributed by atoms with Gasteiger partial charge in [0.1, 0.15) is 6.61 Å². The highest BCUT2D eigenvalue weighted by molar-refractivity contribution is 5.33. The van der Waals surface area contributed by atoms with E-state index in [1.165, 1.54) is 63.5 Å². The van der Waals surface area contributed by atoms with Gasteiger partial charge < -0.3 is 4.74 Å². The molecule has 0 radical (unpaired) electrons. The predicted octanol–water partition coefficient (Wildman–Crippen LogP) is 8.21. The molecular weight excluding hydrogens is 390 g/mol. The zero-order valence-corrected chi connectivity index (χ0v) is 19.0. The van der Waals surface area contributed by atoms with Gasteiger partial charge in [0.15, 0.2) is 17.4 Å². The molecule has 0 spiro atoms. The van der Waals surface area contributed by atoms with Crippen LogP contribution in [0.5, 0.6) is 5.75 Å². The van der Waals surface area contributed by atoms with Crippen LogP contribution in [0, 0.1) is 41.2 Å². The molecule has 3 aliphatic rings. The molecule has 3 fully saturated rings. The van der Waals surface area contributed by atoms with E-state index in [0.29, 0.717) is 0 Å². The lowest BCUT2D eigenvalue weighted by Gasteiger charge is -2.45. The van der Waals surface area contributed by atoms with Gasteiger partial charge in [0.25, 0.3) is 0 Å². The first-order valence-electron chi connectivity index (χ1n) is 12.4. The van der Waals surface area contributed by atoms with E-state index < -0.39 is 11.6 Å². The SMILES string of the molecule is C=CC1CCC(C2CCC3CC(c4cc(F)c(OC/C=C/C)c(F)c4)CCC3C2)CC1. The average Bonchev–Trinajstić information content (AvgIpc) is 2.80. The summed E-state index contributed by atoms with van der Waals surface area (Å²) in [6.07, 6.45) is 18.5. The molecule has 1 aromatic rings. The molecular formula is C28H38F2O. The van der Waals surface area contributed by atoms with Gasteiger partial charge in [0.2, 0.25) is 0 Å². The van der Waals surface area contributed by atoms with Crippen molar-refractivity contribution in [3.63, 3.8) is 0 Å². The first-order chi connectivity index (χ1) is 15.1. The zero-order chi connectivity index (χ0) is 21.8. The van der Waals surface area contributed by atoms with E-state index in [1.54, 1.807) is 6.08 Å². The second-order valence-electron chi connectivity index (χ2n) is 10.2. The lowest BCUT2D eigenvalue weighted by Crippen LogP contribution is -2.34. The summed E-state index contributed by atoms with van der Waals surface area (Å²) >= 11 is 0. The molecule has 0 aliphatic heterocycles. The normalized spacial score (nSPS) is 33.8. The van der Waals surface area contributed by atoms with Crippen LogP contribution < -0.4 is 4.74 Å². The number of rotatable bonds is 6. The van der Waals surface area contributed by atoms with E-state index in [4.69, 9.17) is 4.74 Å². The molecule has 1 nitrogen and oxygen atoms in total. The summed E-state index contributed by atoms with van der Waals surface area (Å²) in [4.78, 5) is 0. The zero-order valence-electron chi connectivity index (χ0n) is 19.0. The monoisotopic (exact) mass is 428 g/mol. The average molecular weight is 429 g/mol.